The van der Waals surface area contributed by atoms with Gasteiger partial charge in [-0.1, -0.05) is 36.4 Å². The first-order chi connectivity index (χ1) is 13.9. The van der Waals surface area contributed by atoms with Crippen LogP contribution in [0.3, 0.4) is 0 Å². The van der Waals surface area contributed by atoms with Gasteiger partial charge in [-0.15, -0.1) is 0 Å². The number of carbonyl (C=O) groups is 1. The van der Waals surface area contributed by atoms with Gasteiger partial charge in [-0.3, -0.25) is 4.79 Å². The third-order valence-corrected chi connectivity index (χ3v) is 5.50. The molecule has 0 bridgehead atoms. The van der Waals surface area contributed by atoms with Gasteiger partial charge in [-0.05, 0) is 18.2 Å². The van der Waals surface area contributed by atoms with Crippen LogP contribution in [0.4, 0.5) is 18.3 Å². The van der Waals surface area contributed by atoms with Crippen LogP contribution in [0.5, 0.6) is 0 Å². The van der Waals surface area contributed by atoms with Crippen molar-refractivity contribution >= 4 is 22.6 Å². The normalized spacial score (nSPS) is 14.9. The molecule has 9 heteroatoms. The van der Waals surface area contributed by atoms with Crippen molar-refractivity contribution in [2.45, 2.75) is 6.18 Å². The Morgan fingerprint density at radius 3 is 2.38 bits per heavy atom. The van der Waals surface area contributed by atoms with Gasteiger partial charge in [-0.2, -0.15) is 22.5 Å². The van der Waals surface area contributed by atoms with Gasteiger partial charge in [0.2, 0.25) is 5.13 Å². The van der Waals surface area contributed by atoms with Crippen molar-refractivity contribution in [3.05, 3.63) is 65.7 Å². The van der Waals surface area contributed by atoms with E-state index in [1.807, 2.05) is 35.2 Å². The Balaban J connectivity index is 1.41. The van der Waals surface area contributed by atoms with Crippen LogP contribution in [0, 0.1) is 0 Å². The maximum Gasteiger partial charge on any atom is 0.416 e. The molecule has 2 aromatic carbocycles. The first kappa shape index (κ1) is 19.4. The number of nitrogens with zero attached hydrogens (tertiary/aromatic N) is 4. The summed E-state index contributed by atoms with van der Waals surface area (Å²) in [4.78, 5) is 20.8. The first-order valence-corrected chi connectivity index (χ1v) is 9.80. The molecule has 1 saturated heterocycles. The number of hydrogen-bond acceptors (Lipinski definition) is 5. The molecule has 1 fully saturated rings. The first-order valence-electron chi connectivity index (χ1n) is 9.02. The topological polar surface area (TPSA) is 49.3 Å². The highest BCUT2D eigenvalue weighted by Crippen LogP contribution is 2.30. The number of halogens is 3. The molecule has 1 aromatic heterocycles. The lowest BCUT2D eigenvalue weighted by Gasteiger charge is -2.34. The molecule has 0 radical (unpaired) electrons. The number of rotatable bonds is 3. The number of piperazine rings is 1. The van der Waals surface area contributed by atoms with Crippen molar-refractivity contribution in [3.8, 4) is 11.4 Å². The Bertz CT molecular complexity index is 998. The van der Waals surface area contributed by atoms with Gasteiger partial charge in [0.25, 0.3) is 5.91 Å². The van der Waals surface area contributed by atoms with Crippen molar-refractivity contribution in [1.29, 1.82) is 0 Å². The van der Waals surface area contributed by atoms with Gasteiger partial charge in [0.1, 0.15) is 0 Å². The van der Waals surface area contributed by atoms with Crippen LogP contribution in [0.15, 0.2) is 54.6 Å². The van der Waals surface area contributed by atoms with E-state index in [9.17, 15) is 18.0 Å². The molecular weight excluding hydrogens is 401 g/mol. The second-order valence-corrected chi connectivity index (χ2v) is 7.35. The van der Waals surface area contributed by atoms with Crippen LogP contribution in [0.25, 0.3) is 11.4 Å². The van der Waals surface area contributed by atoms with E-state index in [1.165, 1.54) is 23.7 Å². The molecule has 0 unspecified atom stereocenters. The van der Waals surface area contributed by atoms with Gasteiger partial charge in [0.15, 0.2) is 5.82 Å². The SMILES string of the molecule is O=C(c1cccc(C(F)(F)F)c1)N1CCN(c2nc(-c3ccccc3)ns2)CC1. The molecule has 0 saturated carbocycles. The summed E-state index contributed by atoms with van der Waals surface area (Å²) < 4.78 is 43.1. The summed E-state index contributed by atoms with van der Waals surface area (Å²) in [6, 6.07) is 14.2. The summed E-state index contributed by atoms with van der Waals surface area (Å²) in [5, 5.41) is 0.773. The second kappa shape index (κ2) is 7.82. The van der Waals surface area contributed by atoms with E-state index in [-0.39, 0.29) is 5.56 Å². The van der Waals surface area contributed by atoms with Gasteiger partial charge in [0.05, 0.1) is 5.56 Å². The molecule has 2 heterocycles. The molecule has 5 nitrogen and oxygen atoms in total. The number of hydrogen-bond donors (Lipinski definition) is 0. The van der Waals surface area contributed by atoms with Crippen LogP contribution in [0.2, 0.25) is 0 Å². The Hall–Kier alpha value is -2.94. The van der Waals surface area contributed by atoms with Crippen LogP contribution in [-0.2, 0) is 6.18 Å². The van der Waals surface area contributed by atoms with E-state index in [4.69, 9.17) is 0 Å². The number of benzene rings is 2. The zero-order chi connectivity index (χ0) is 20.4. The predicted molar refractivity (Wildman–Crippen MR) is 105 cm³/mol. The average Bonchev–Trinajstić information content (AvgIpc) is 3.24. The Morgan fingerprint density at radius 2 is 1.69 bits per heavy atom. The minimum Gasteiger partial charge on any atom is -0.343 e. The molecule has 3 aromatic rings. The molecule has 1 aliphatic rings. The molecule has 4 rings (SSSR count). The molecule has 0 aliphatic carbocycles. The maximum atomic E-state index is 12.9. The van der Waals surface area contributed by atoms with Crippen molar-refractivity contribution in [2.24, 2.45) is 0 Å². The lowest BCUT2D eigenvalue weighted by molar-refractivity contribution is -0.137. The fraction of sp³-hybridized carbons (Fsp3) is 0.250. The highest BCUT2D eigenvalue weighted by Gasteiger charge is 2.32. The maximum absolute atomic E-state index is 12.9. The Morgan fingerprint density at radius 1 is 0.966 bits per heavy atom. The molecule has 29 heavy (non-hydrogen) atoms. The zero-order valence-electron chi connectivity index (χ0n) is 15.3. The Labute approximate surface area is 169 Å². The van der Waals surface area contributed by atoms with Gasteiger partial charge in [-0.25, -0.2) is 0 Å². The fourth-order valence-corrected chi connectivity index (χ4v) is 3.90. The summed E-state index contributed by atoms with van der Waals surface area (Å²) in [5.74, 6) is 0.269. The third-order valence-electron chi connectivity index (χ3n) is 4.72. The average molecular weight is 418 g/mol. The minimum absolute atomic E-state index is 0.0514. The zero-order valence-corrected chi connectivity index (χ0v) is 16.1. The van der Waals surface area contributed by atoms with Crippen LogP contribution in [-0.4, -0.2) is 46.3 Å². The second-order valence-electron chi connectivity index (χ2n) is 6.62. The van der Waals surface area contributed by atoms with E-state index >= 15 is 0 Å². The summed E-state index contributed by atoms with van der Waals surface area (Å²) in [6.45, 7) is 1.92. The van der Waals surface area contributed by atoms with E-state index < -0.39 is 17.6 Å². The molecule has 0 N–H and O–H groups in total. The summed E-state index contributed by atoms with van der Waals surface area (Å²) in [7, 11) is 0. The van der Waals surface area contributed by atoms with Gasteiger partial charge >= 0.3 is 6.18 Å². The fourth-order valence-electron chi connectivity index (χ4n) is 3.16. The van der Waals surface area contributed by atoms with E-state index in [1.54, 1.807) is 4.90 Å². The lowest BCUT2D eigenvalue weighted by atomic mass is 10.1. The number of aromatic nitrogens is 2. The van der Waals surface area contributed by atoms with E-state index in [0.717, 1.165) is 22.8 Å². The largest absolute Gasteiger partial charge is 0.416 e. The highest BCUT2D eigenvalue weighted by molar-refractivity contribution is 7.09. The highest BCUT2D eigenvalue weighted by atomic mass is 32.1. The van der Waals surface area contributed by atoms with E-state index in [2.05, 4.69) is 9.36 Å². The van der Waals surface area contributed by atoms with Crippen molar-refractivity contribution in [1.82, 2.24) is 14.3 Å². The van der Waals surface area contributed by atoms with Crippen LogP contribution >= 0.6 is 11.5 Å². The lowest BCUT2D eigenvalue weighted by Crippen LogP contribution is -2.48. The minimum atomic E-state index is -4.47. The Kier molecular flexibility index (Phi) is 5.23. The number of carbonyl (C=O) groups excluding carboxylic acids is 1. The predicted octanol–water partition coefficient (Wildman–Crippen LogP) is 4.19. The third kappa shape index (κ3) is 4.24. The number of anilines is 1. The summed E-state index contributed by atoms with van der Waals surface area (Å²) in [6.07, 6.45) is -4.47. The smallest absolute Gasteiger partial charge is 0.343 e. The van der Waals surface area contributed by atoms with Gasteiger partial charge in [0, 0.05) is 48.8 Å². The van der Waals surface area contributed by atoms with Crippen LogP contribution < -0.4 is 4.90 Å². The van der Waals surface area contributed by atoms with Crippen molar-refractivity contribution < 1.29 is 18.0 Å². The molecule has 1 aliphatic heterocycles. The molecule has 1 amide bonds. The molecule has 150 valence electrons. The van der Waals surface area contributed by atoms with E-state index in [0.29, 0.717) is 32.0 Å². The van der Waals surface area contributed by atoms with Crippen LogP contribution in [0.1, 0.15) is 15.9 Å². The molecular formula is C20H17F3N4OS. The van der Waals surface area contributed by atoms with Gasteiger partial charge < -0.3 is 9.80 Å². The van der Waals surface area contributed by atoms with Crippen molar-refractivity contribution in [2.75, 3.05) is 31.1 Å². The monoisotopic (exact) mass is 418 g/mol. The quantitative estimate of drug-likeness (QED) is 0.640. The summed E-state index contributed by atoms with van der Waals surface area (Å²) >= 11 is 1.30. The number of alkyl halides is 3. The molecule has 0 spiro atoms. The number of amides is 1. The standard InChI is InChI=1S/C20H17F3N4OS/c21-20(22,23)16-8-4-7-15(13-16)18(28)26-9-11-27(12-10-26)19-24-17(25-29-19)14-5-2-1-3-6-14/h1-8,13H,9-12H2. The summed E-state index contributed by atoms with van der Waals surface area (Å²) in [5.41, 5.74) is 0.174. The van der Waals surface area contributed by atoms with Crippen molar-refractivity contribution in [3.63, 3.8) is 0 Å². The molecule has 0 atom stereocenters.